The van der Waals surface area contributed by atoms with Crippen molar-refractivity contribution in [2.75, 3.05) is 6.54 Å². The van der Waals surface area contributed by atoms with E-state index < -0.39 is 0 Å². The van der Waals surface area contributed by atoms with Crippen LogP contribution in [0, 0.1) is 19.8 Å². The molecule has 0 bridgehead atoms. The molecule has 1 fully saturated rings. The van der Waals surface area contributed by atoms with Gasteiger partial charge >= 0.3 is 0 Å². The van der Waals surface area contributed by atoms with E-state index in [0.717, 1.165) is 12.5 Å². The van der Waals surface area contributed by atoms with Crippen molar-refractivity contribution >= 4 is 6.08 Å². The van der Waals surface area contributed by atoms with Crippen LogP contribution in [0.4, 0.5) is 0 Å². The zero-order chi connectivity index (χ0) is 15.2. The fourth-order valence-electron chi connectivity index (χ4n) is 3.18. The quantitative estimate of drug-likeness (QED) is 0.777. The average Bonchev–Trinajstić information content (AvgIpc) is 2.48. The van der Waals surface area contributed by atoms with Crippen LogP contribution in [0.25, 0.3) is 6.08 Å². The van der Waals surface area contributed by atoms with E-state index in [4.69, 9.17) is 0 Å². The zero-order valence-corrected chi connectivity index (χ0v) is 14.2. The molecule has 0 spiro atoms. The first-order valence-corrected chi connectivity index (χ1v) is 8.57. The molecule has 1 aliphatic carbocycles. The van der Waals surface area contributed by atoms with Gasteiger partial charge in [-0.3, -0.25) is 0 Å². The molecule has 2 rings (SSSR count). The lowest BCUT2D eigenvalue weighted by Crippen LogP contribution is -2.27. The van der Waals surface area contributed by atoms with Gasteiger partial charge in [0.1, 0.15) is 0 Å². The third kappa shape index (κ3) is 5.00. The van der Waals surface area contributed by atoms with Crippen LogP contribution in [0.5, 0.6) is 0 Å². The lowest BCUT2D eigenvalue weighted by Gasteiger charge is -2.26. The summed E-state index contributed by atoms with van der Waals surface area (Å²) >= 11 is 0. The molecule has 116 valence electrons. The SMILES string of the molecule is Cc1ccc(/C=C(/CNC(C)C)C2CCCCC2)cc1C. The van der Waals surface area contributed by atoms with Crippen LogP contribution in [0.15, 0.2) is 23.8 Å². The van der Waals surface area contributed by atoms with Gasteiger partial charge in [-0.05, 0) is 49.3 Å². The van der Waals surface area contributed by atoms with Crippen molar-refractivity contribution in [3.63, 3.8) is 0 Å². The Morgan fingerprint density at radius 1 is 1.14 bits per heavy atom. The molecule has 0 saturated heterocycles. The van der Waals surface area contributed by atoms with Gasteiger partial charge in [0.05, 0.1) is 0 Å². The molecule has 0 radical (unpaired) electrons. The van der Waals surface area contributed by atoms with Gasteiger partial charge in [0.25, 0.3) is 0 Å². The zero-order valence-electron chi connectivity index (χ0n) is 14.2. The van der Waals surface area contributed by atoms with E-state index in [1.165, 1.54) is 48.8 Å². The van der Waals surface area contributed by atoms with E-state index in [-0.39, 0.29) is 0 Å². The highest BCUT2D eigenvalue weighted by molar-refractivity contribution is 5.55. The number of aryl methyl sites for hydroxylation is 2. The molecule has 1 aliphatic rings. The van der Waals surface area contributed by atoms with Gasteiger partial charge < -0.3 is 5.32 Å². The lowest BCUT2D eigenvalue weighted by molar-refractivity contribution is 0.394. The second kappa shape index (κ2) is 7.79. The molecule has 0 amide bonds. The second-order valence-corrected chi connectivity index (χ2v) is 6.93. The molecule has 0 aromatic heterocycles. The van der Waals surface area contributed by atoms with Crippen LogP contribution in [-0.4, -0.2) is 12.6 Å². The Morgan fingerprint density at radius 3 is 2.48 bits per heavy atom. The summed E-state index contributed by atoms with van der Waals surface area (Å²) in [6, 6.07) is 7.39. The van der Waals surface area contributed by atoms with Crippen molar-refractivity contribution in [3.8, 4) is 0 Å². The number of hydrogen-bond donors (Lipinski definition) is 1. The van der Waals surface area contributed by atoms with Crippen LogP contribution in [-0.2, 0) is 0 Å². The van der Waals surface area contributed by atoms with E-state index in [9.17, 15) is 0 Å². The molecule has 1 heteroatoms. The molecular weight excluding hydrogens is 254 g/mol. The minimum absolute atomic E-state index is 0.553. The normalized spacial score (nSPS) is 17.5. The Labute approximate surface area is 130 Å². The van der Waals surface area contributed by atoms with Crippen LogP contribution >= 0.6 is 0 Å². The van der Waals surface area contributed by atoms with Gasteiger partial charge in [-0.1, -0.05) is 63.0 Å². The third-order valence-corrected chi connectivity index (χ3v) is 4.73. The van der Waals surface area contributed by atoms with Crippen molar-refractivity contribution in [3.05, 3.63) is 40.5 Å². The first-order chi connectivity index (χ1) is 10.1. The fourth-order valence-corrected chi connectivity index (χ4v) is 3.18. The summed E-state index contributed by atoms with van der Waals surface area (Å²) < 4.78 is 0. The van der Waals surface area contributed by atoms with Crippen LogP contribution < -0.4 is 5.32 Å². The largest absolute Gasteiger partial charge is 0.311 e. The summed E-state index contributed by atoms with van der Waals surface area (Å²) in [6.07, 6.45) is 9.41. The summed E-state index contributed by atoms with van der Waals surface area (Å²) in [5.41, 5.74) is 5.74. The molecule has 0 atom stereocenters. The smallest absolute Gasteiger partial charge is 0.0173 e. The Morgan fingerprint density at radius 2 is 1.86 bits per heavy atom. The maximum absolute atomic E-state index is 3.62. The summed E-state index contributed by atoms with van der Waals surface area (Å²) in [7, 11) is 0. The molecule has 1 aromatic rings. The van der Waals surface area contributed by atoms with Gasteiger partial charge in [0, 0.05) is 12.6 Å². The van der Waals surface area contributed by atoms with Crippen LogP contribution in [0.1, 0.15) is 62.6 Å². The number of nitrogens with one attached hydrogen (secondary N) is 1. The molecule has 0 aliphatic heterocycles. The van der Waals surface area contributed by atoms with Gasteiger partial charge in [-0.15, -0.1) is 0 Å². The van der Waals surface area contributed by atoms with E-state index in [1.807, 2.05) is 0 Å². The van der Waals surface area contributed by atoms with Crippen molar-refractivity contribution in [2.45, 2.75) is 65.8 Å². The van der Waals surface area contributed by atoms with E-state index >= 15 is 0 Å². The second-order valence-electron chi connectivity index (χ2n) is 6.93. The lowest BCUT2D eigenvalue weighted by atomic mass is 9.82. The highest BCUT2D eigenvalue weighted by Crippen LogP contribution is 2.30. The average molecular weight is 285 g/mol. The summed E-state index contributed by atoms with van der Waals surface area (Å²) in [4.78, 5) is 0. The van der Waals surface area contributed by atoms with E-state index in [1.54, 1.807) is 5.57 Å². The highest BCUT2D eigenvalue weighted by Gasteiger charge is 2.17. The molecule has 1 nitrogen and oxygen atoms in total. The molecule has 21 heavy (non-hydrogen) atoms. The van der Waals surface area contributed by atoms with Gasteiger partial charge in [-0.25, -0.2) is 0 Å². The summed E-state index contributed by atoms with van der Waals surface area (Å²) in [5.74, 6) is 0.784. The third-order valence-electron chi connectivity index (χ3n) is 4.73. The fraction of sp³-hybridized carbons (Fsp3) is 0.600. The Hall–Kier alpha value is -1.08. The first kappa shape index (κ1) is 16.3. The van der Waals surface area contributed by atoms with Crippen molar-refractivity contribution < 1.29 is 0 Å². The maximum atomic E-state index is 3.62. The number of benzene rings is 1. The Bertz CT molecular complexity index is 479. The monoisotopic (exact) mass is 285 g/mol. The number of rotatable bonds is 5. The van der Waals surface area contributed by atoms with Crippen molar-refractivity contribution in [1.82, 2.24) is 5.32 Å². The summed E-state index contributed by atoms with van der Waals surface area (Å²) in [5, 5.41) is 3.62. The first-order valence-electron chi connectivity index (χ1n) is 8.57. The minimum atomic E-state index is 0.553. The van der Waals surface area contributed by atoms with E-state index in [0.29, 0.717) is 6.04 Å². The van der Waals surface area contributed by atoms with Gasteiger partial charge in [0.2, 0.25) is 0 Å². The van der Waals surface area contributed by atoms with Gasteiger partial charge in [-0.2, -0.15) is 0 Å². The van der Waals surface area contributed by atoms with Crippen molar-refractivity contribution in [2.24, 2.45) is 5.92 Å². The summed E-state index contributed by atoms with van der Waals surface area (Å²) in [6.45, 7) is 9.89. The van der Waals surface area contributed by atoms with E-state index in [2.05, 4.69) is 57.3 Å². The molecule has 1 N–H and O–H groups in total. The standard InChI is InChI=1S/C20H31N/c1-15(2)21-14-20(19-8-6-5-7-9-19)13-18-11-10-16(3)17(4)12-18/h10-13,15,19,21H,5-9,14H2,1-4H3/b20-13-. The Balaban J connectivity index is 2.19. The van der Waals surface area contributed by atoms with Gasteiger partial charge in [0.15, 0.2) is 0 Å². The molecular formula is C20H31N. The van der Waals surface area contributed by atoms with Crippen molar-refractivity contribution in [1.29, 1.82) is 0 Å². The molecule has 1 aromatic carbocycles. The topological polar surface area (TPSA) is 12.0 Å². The highest BCUT2D eigenvalue weighted by atomic mass is 14.9. The predicted octanol–water partition coefficient (Wildman–Crippen LogP) is 5.27. The number of hydrogen-bond acceptors (Lipinski definition) is 1. The Kier molecular flexibility index (Phi) is 6.05. The minimum Gasteiger partial charge on any atom is -0.311 e. The predicted molar refractivity (Wildman–Crippen MR) is 93.6 cm³/mol. The maximum Gasteiger partial charge on any atom is 0.0173 e. The molecule has 1 saturated carbocycles. The van der Waals surface area contributed by atoms with Crippen LogP contribution in [0.3, 0.4) is 0 Å². The molecule has 0 heterocycles. The van der Waals surface area contributed by atoms with Crippen LogP contribution in [0.2, 0.25) is 0 Å². The molecule has 0 unspecified atom stereocenters.